The monoisotopic (exact) mass is 268 g/mol. The van der Waals surface area contributed by atoms with Crippen molar-refractivity contribution < 1.29 is 17.9 Å². The molecule has 1 aromatic carbocycles. The summed E-state index contributed by atoms with van der Waals surface area (Å²) in [6.07, 6.45) is 0. The molecule has 1 aliphatic heterocycles. The maximum absolute atomic E-state index is 11.2. The van der Waals surface area contributed by atoms with Gasteiger partial charge in [-0.05, 0) is 12.1 Å². The molecular weight excluding hydrogens is 263 g/mol. The first-order valence-electron chi connectivity index (χ1n) is 3.96. The van der Waals surface area contributed by atoms with E-state index in [1.165, 1.54) is 6.07 Å². The number of halogens is 2. The fraction of sp³-hybridized carbons (Fsp3) is 0.250. The number of rotatable bonds is 1. The Morgan fingerprint density at radius 3 is 2.73 bits per heavy atom. The van der Waals surface area contributed by atoms with Gasteiger partial charge in [0.2, 0.25) is 0 Å². The second-order valence-corrected chi connectivity index (χ2v) is 5.91. The summed E-state index contributed by atoms with van der Waals surface area (Å²) >= 11 is 5.75. The van der Waals surface area contributed by atoms with Crippen LogP contribution >= 0.6 is 22.3 Å². The van der Waals surface area contributed by atoms with E-state index in [2.05, 4.69) is 0 Å². The van der Waals surface area contributed by atoms with E-state index < -0.39 is 9.05 Å². The van der Waals surface area contributed by atoms with E-state index in [-0.39, 0.29) is 29.1 Å². The van der Waals surface area contributed by atoms with Gasteiger partial charge in [-0.1, -0.05) is 11.6 Å². The molecule has 0 fully saturated rings. The molecule has 1 aromatic rings. The van der Waals surface area contributed by atoms with E-state index in [1.807, 2.05) is 0 Å². The minimum atomic E-state index is -3.86. The molecule has 7 heteroatoms. The van der Waals surface area contributed by atoms with E-state index >= 15 is 0 Å². The summed E-state index contributed by atoms with van der Waals surface area (Å²) in [4.78, 5) is -0.116. The summed E-state index contributed by atoms with van der Waals surface area (Å²) in [5.74, 6) is 0.223. The Hall–Kier alpha value is -0.490. The number of hydrogen-bond acceptors (Lipinski definition) is 4. The van der Waals surface area contributed by atoms with Crippen LogP contribution in [-0.4, -0.2) is 15.2 Å². The third-order valence-corrected chi connectivity index (χ3v) is 3.45. The largest absolute Gasteiger partial charge is 0.466 e. The minimum Gasteiger partial charge on any atom is -0.466 e. The normalized spacial score (nSPS) is 15.6. The average Bonchev–Trinajstić information content (AvgIpc) is 2.15. The molecular formula is C8H6Cl2O4S. The van der Waals surface area contributed by atoms with E-state index in [4.69, 9.17) is 31.8 Å². The van der Waals surface area contributed by atoms with Gasteiger partial charge in [0.25, 0.3) is 9.05 Å². The molecule has 82 valence electrons. The van der Waals surface area contributed by atoms with Gasteiger partial charge in [-0.2, -0.15) is 0 Å². The van der Waals surface area contributed by atoms with Crippen molar-refractivity contribution in [1.82, 2.24) is 0 Å². The van der Waals surface area contributed by atoms with Crippen molar-refractivity contribution in [2.75, 3.05) is 6.79 Å². The summed E-state index contributed by atoms with van der Waals surface area (Å²) in [5, 5.41) is 0.280. The Morgan fingerprint density at radius 2 is 2.07 bits per heavy atom. The van der Waals surface area contributed by atoms with Crippen LogP contribution < -0.4 is 4.74 Å². The van der Waals surface area contributed by atoms with Crippen LogP contribution in [0, 0.1) is 0 Å². The third kappa shape index (κ3) is 2.20. The molecule has 0 saturated carbocycles. The Balaban J connectivity index is 2.68. The lowest BCUT2D eigenvalue weighted by atomic mass is 10.2. The first-order valence-corrected chi connectivity index (χ1v) is 6.65. The maximum Gasteiger partial charge on any atom is 0.265 e. The summed E-state index contributed by atoms with van der Waals surface area (Å²) in [6, 6.07) is 2.84. The van der Waals surface area contributed by atoms with Gasteiger partial charge < -0.3 is 9.47 Å². The molecule has 0 bridgehead atoms. The molecule has 0 aliphatic carbocycles. The van der Waals surface area contributed by atoms with E-state index in [0.717, 1.165) is 0 Å². The van der Waals surface area contributed by atoms with Crippen LogP contribution in [0.2, 0.25) is 5.02 Å². The van der Waals surface area contributed by atoms with Crippen molar-refractivity contribution in [3.63, 3.8) is 0 Å². The maximum atomic E-state index is 11.2. The van der Waals surface area contributed by atoms with Gasteiger partial charge in [-0.15, -0.1) is 0 Å². The predicted molar refractivity (Wildman–Crippen MR) is 54.8 cm³/mol. The van der Waals surface area contributed by atoms with E-state index in [1.54, 1.807) is 6.07 Å². The van der Waals surface area contributed by atoms with Crippen LogP contribution in [0.15, 0.2) is 17.0 Å². The molecule has 0 unspecified atom stereocenters. The highest BCUT2D eigenvalue weighted by Gasteiger charge is 2.23. The standard InChI is InChI=1S/C8H6Cl2O4S/c9-6-1-5-3-13-4-14-8(5)7(2-6)15(10,11)12/h1-2H,3-4H2. The molecule has 0 atom stereocenters. The summed E-state index contributed by atoms with van der Waals surface area (Å²) in [5.41, 5.74) is 0.577. The zero-order valence-electron chi connectivity index (χ0n) is 7.37. The fourth-order valence-electron chi connectivity index (χ4n) is 1.33. The fourth-order valence-corrected chi connectivity index (χ4v) is 2.66. The molecule has 1 aliphatic rings. The topological polar surface area (TPSA) is 52.6 Å². The zero-order chi connectivity index (χ0) is 11.1. The van der Waals surface area contributed by atoms with Crippen LogP contribution in [0.3, 0.4) is 0 Å². The smallest absolute Gasteiger partial charge is 0.265 e. The molecule has 0 N–H and O–H groups in total. The summed E-state index contributed by atoms with van der Waals surface area (Å²) in [6.45, 7) is 0.267. The van der Waals surface area contributed by atoms with Crippen LogP contribution in [0.1, 0.15) is 5.56 Å². The van der Waals surface area contributed by atoms with E-state index in [9.17, 15) is 8.42 Å². The molecule has 0 aromatic heterocycles. The molecule has 0 radical (unpaired) electrons. The lowest BCUT2D eigenvalue weighted by molar-refractivity contribution is -0.0184. The van der Waals surface area contributed by atoms with Gasteiger partial charge in [-0.3, -0.25) is 0 Å². The lowest BCUT2D eigenvalue weighted by Gasteiger charge is -2.19. The van der Waals surface area contributed by atoms with Crippen LogP contribution in [0.4, 0.5) is 0 Å². The SMILES string of the molecule is O=S(=O)(Cl)c1cc(Cl)cc2c1OCOC2. The Labute approximate surface area is 96.1 Å². The van der Waals surface area contributed by atoms with Gasteiger partial charge in [0, 0.05) is 21.3 Å². The van der Waals surface area contributed by atoms with Crippen molar-refractivity contribution >= 4 is 31.3 Å². The van der Waals surface area contributed by atoms with Crippen molar-refractivity contribution in [3.8, 4) is 5.75 Å². The summed E-state index contributed by atoms with van der Waals surface area (Å²) in [7, 11) is 1.40. The first kappa shape index (κ1) is 11.0. The third-order valence-electron chi connectivity index (χ3n) is 1.90. The molecule has 4 nitrogen and oxygen atoms in total. The van der Waals surface area contributed by atoms with Gasteiger partial charge in [0.15, 0.2) is 6.79 Å². The predicted octanol–water partition coefficient (Wildman–Crippen LogP) is 2.13. The molecule has 0 spiro atoms. The number of ether oxygens (including phenoxy) is 2. The van der Waals surface area contributed by atoms with Crippen molar-refractivity contribution in [2.24, 2.45) is 0 Å². The van der Waals surface area contributed by atoms with Crippen LogP contribution in [0.25, 0.3) is 0 Å². The minimum absolute atomic E-state index is 0.00798. The second kappa shape index (κ2) is 3.83. The Morgan fingerprint density at radius 1 is 1.33 bits per heavy atom. The number of benzene rings is 1. The average molecular weight is 269 g/mol. The lowest BCUT2D eigenvalue weighted by Crippen LogP contribution is -2.13. The second-order valence-electron chi connectivity index (χ2n) is 2.94. The highest BCUT2D eigenvalue weighted by Crippen LogP contribution is 2.35. The van der Waals surface area contributed by atoms with Gasteiger partial charge >= 0.3 is 0 Å². The van der Waals surface area contributed by atoms with Gasteiger partial charge in [0.1, 0.15) is 10.6 Å². The highest BCUT2D eigenvalue weighted by molar-refractivity contribution is 8.13. The van der Waals surface area contributed by atoms with Crippen molar-refractivity contribution in [3.05, 3.63) is 22.7 Å². The van der Waals surface area contributed by atoms with Crippen LogP contribution in [0.5, 0.6) is 5.75 Å². The molecule has 0 saturated heterocycles. The van der Waals surface area contributed by atoms with Crippen LogP contribution in [-0.2, 0) is 20.4 Å². The zero-order valence-corrected chi connectivity index (χ0v) is 9.69. The number of hydrogen-bond donors (Lipinski definition) is 0. The molecule has 1 heterocycles. The van der Waals surface area contributed by atoms with Crippen molar-refractivity contribution in [2.45, 2.75) is 11.5 Å². The molecule has 0 amide bonds. The van der Waals surface area contributed by atoms with Gasteiger partial charge in [-0.25, -0.2) is 8.42 Å². The molecule has 15 heavy (non-hydrogen) atoms. The van der Waals surface area contributed by atoms with Crippen molar-refractivity contribution in [1.29, 1.82) is 0 Å². The summed E-state index contributed by atoms with van der Waals surface area (Å²) < 4.78 is 32.6. The molecule has 2 rings (SSSR count). The Kier molecular flexibility index (Phi) is 2.81. The number of fused-ring (bicyclic) bond motifs is 1. The van der Waals surface area contributed by atoms with Gasteiger partial charge in [0.05, 0.1) is 6.61 Å². The highest BCUT2D eigenvalue weighted by atomic mass is 35.7. The Bertz CT molecular complexity index is 498. The first-order chi connectivity index (χ1) is 6.98. The van der Waals surface area contributed by atoms with E-state index in [0.29, 0.717) is 5.56 Å². The quantitative estimate of drug-likeness (QED) is 0.733.